The summed E-state index contributed by atoms with van der Waals surface area (Å²) in [4.78, 5) is 18.3. The van der Waals surface area contributed by atoms with Crippen molar-refractivity contribution >= 4 is 34.1 Å². The molecule has 0 aliphatic heterocycles. The van der Waals surface area contributed by atoms with Crippen LogP contribution in [-0.2, 0) is 17.9 Å². The number of aromatic nitrogens is 4. The molecule has 0 radical (unpaired) electrons. The summed E-state index contributed by atoms with van der Waals surface area (Å²) in [5.74, 6) is 2.06. The highest BCUT2D eigenvalue weighted by atomic mass is 32.2. The van der Waals surface area contributed by atoms with Crippen molar-refractivity contribution in [1.82, 2.24) is 19.7 Å². The maximum atomic E-state index is 12.6. The summed E-state index contributed by atoms with van der Waals surface area (Å²) >= 11 is 2.84. The van der Waals surface area contributed by atoms with E-state index in [1.54, 1.807) is 0 Å². The van der Waals surface area contributed by atoms with E-state index < -0.39 is 0 Å². The van der Waals surface area contributed by atoms with E-state index in [2.05, 4.69) is 59.5 Å². The number of amides is 1. The molecule has 1 N–H and O–H groups in total. The first-order valence-corrected chi connectivity index (χ1v) is 13.8. The topological polar surface area (TPSA) is 81.9 Å². The second-order valence-corrected chi connectivity index (χ2v) is 10.9. The molecule has 188 valence electrons. The molecule has 1 amide bonds. The standard InChI is InChI=1S/C27H31N5O2S2/c1-6-32-23(15-34-22-14-18(4)12-13-21(22)17(2)3)30-31-27(32)35-16-24(33)28-26-29-25(19(5)36-26)20-10-8-7-9-11-20/h7-14,17H,6,15-16H2,1-5H3,(H,28,29,33). The van der Waals surface area contributed by atoms with Gasteiger partial charge >= 0.3 is 0 Å². The van der Waals surface area contributed by atoms with Crippen LogP contribution in [0.1, 0.15) is 48.5 Å². The van der Waals surface area contributed by atoms with Crippen molar-refractivity contribution in [3.8, 4) is 17.0 Å². The van der Waals surface area contributed by atoms with Gasteiger partial charge in [-0.3, -0.25) is 4.79 Å². The second-order valence-electron chi connectivity index (χ2n) is 8.75. The molecule has 36 heavy (non-hydrogen) atoms. The maximum absolute atomic E-state index is 12.6. The summed E-state index contributed by atoms with van der Waals surface area (Å²) in [6, 6.07) is 16.3. The largest absolute Gasteiger partial charge is 0.485 e. The van der Waals surface area contributed by atoms with E-state index in [0.717, 1.165) is 33.3 Å². The number of aryl methyl sites for hydroxylation is 2. The number of thiazole rings is 1. The molecular weight excluding hydrogens is 490 g/mol. The fourth-order valence-corrected chi connectivity index (χ4v) is 5.51. The highest BCUT2D eigenvalue weighted by Crippen LogP contribution is 2.31. The Morgan fingerprint density at radius 2 is 1.92 bits per heavy atom. The summed E-state index contributed by atoms with van der Waals surface area (Å²) in [5.41, 5.74) is 4.26. The molecule has 2 aromatic heterocycles. The lowest BCUT2D eigenvalue weighted by molar-refractivity contribution is -0.113. The van der Waals surface area contributed by atoms with Crippen LogP contribution in [0.5, 0.6) is 5.75 Å². The number of carbonyl (C=O) groups excluding carboxylic acids is 1. The Morgan fingerprint density at radius 1 is 1.14 bits per heavy atom. The number of ether oxygens (including phenoxy) is 1. The van der Waals surface area contributed by atoms with Crippen molar-refractivity contribution < 1.29 is 9.53 Å². The molecule has 9 heteroatoms. The molecule has 4 rings (SSSR count). The maximum Gasteiger partial charge on any atom is 0.236 e. The van der Waals surface area contributed by atoms with Gasteiger partial charge in [0.25, 0.3) is 0 Å². The van der Waals surface area contributed by atoms with E-state index in [1.165, 1.54) is 28.7 Å². The van der Waals surface area contributed by atoms with Crippen LogP contribution in [0.25, 0.3) is 11.3 Å². The van der Waals surface area contributed by atoms with Crippen LogP contribution in [0.15, 0.2) is 53.7 Å². The number of benzene rings is 2. The molecule has 4 aromatic rings. The quantitative estimate of drug-likeness (QED) is 0.241. The summed E-state index contributed by atoms with van der Waals surface area (Å²) in [6.07, 6.45) is 0. The van der Waals surface area contributed by atoms with Gasteiger partial charge in [0, 0.05) is 17.0 Å². The van der Waals surface area contributed by atoms with Crippen LogP contribution in [0.2, 0.25) is 0 Å². The lowest BCUT2D eigenvalue weighted by atomic mass is 10.0. The average molecular weight is 522 g/mol. The van der Waals surface area contributed by atoms with Crippen LogP contribution in [-0.4, -0.2) is 31.4 Å². The minimum absolute atomic E-state index is 0.127. The first-order valence-electron chi connectivity index (χ1n) is 12.0. The average Bonchev–Trinajstić information content (AvgIpc) is 3.43. The van der Waals surface area contributed by atoms with Gasteiger partial charge in [-0.25, -0.2) is 4.98 Å². The van der Waals surface area contributed by atoms with Gasteiger partial charge in [0.15, 0.2) is 16.1 Å². The third kappa shape index (κ3) is 6.14. The van der Waals surface area contributed by atoms with E-state index in [-0.39, 0.29) is 11.7 Å². The number of anilines is 1. The molecule has 0 aliphatic rings. The lowest BCUT2D eigenvalue weighted by Gasteiger charge is -2.15. The predicted octanol–water partition coefficient (Wildman–Crippen LogP) is 6.47. The lowest BCUT2D eigenvalue weighted by Crippen LogP contribution is -2.14. The highest BCUT2D eigenvalue weighted by molar-refractivity contribution is 7.99. The zero-order chi connectivity index (χ0) is 25.7. The van der Waals surface area contributed by atoms with Gasteiger partial charge in [-0.15, -0.1) is 21.5 Å². The summed E-state index contributed by atoms with van der Waals surface area (Å²) in [7, 11) is 0. The molecule has 2 aromatic carbocycles. The van der Waals surface area contributed by atoms with Crippen LogP contribution >= 0.6 is 23.1 Å². The summed E-state index contributed by atoms with van der Waals surface area (Å²) in [6.45, 7) is 11.4. The Labute approximate surface area is 220 Å². The number of hydrogen-bond acceptors (Lipinski definition) is 7. The molecule has 0 aliphatic carbocycles. The zero-order valence-electron chi connectivity index (χ0n) is 21.2. The van der Waals surface area contributed by atoms with Gasteiger partial charge < -0.3 is 14.6 Å². The Balaban J connectivity index is 1.37. The minimum atomic E-state index is -0.127. The Bertz CT molecular complexity index is 1330. The Morgan fingerprint density at radius 3 is 2.64 bits per heavy atom. The fraction of sp³-hybridized carbons (Fsp3) is 0.333. The third-order valence-corrected chi connectivity index (χ3v) is 7.53. The van der Waals surface area contributed by atoms with E-state index >= 15 is 0 Å². The molecule has 2 heterocycles. The van der Waals surface area contributed by atoms with Gasteiger partial charge in [0.2, 0.25) is 5.91 Å². The van der Waals surface area contributed by atoms with Crippen LogP contribution in [0, 0.1) is 13.8 Å². The normalized spacial score (nSPS) is 11.2. The molecule has 0 unspecified atom stereocenters. The first-order chi connectivity index (χ1) is 17.4. The van der Waals surface area contributed by atoms with Crippen molar-refractivity contribution in [2.75, 3.05) is 11.1 Å². The Kier molecular flexibility index (Phi) is 8.43. The number of rotatable bonds is 10. The van der Waals surface area contributed by atoms with E-state index in [4.69, 9.17) is 4.74 Å². The van der Waals surface area contributed by atoms with E-state index in [0.29, 0.717) is 29.4 Å². The van der Waals surface area contributed by atoms with Gasteiger partial charge in [0.1, 0.15) is 12.4 Å². The van der Waals surface area contributed by atoms with Gasteiger partial charge in [-0.2, -0.15) is 0 Å². The number of hydrogen-bond donors (Lipinski definition) is 1. The summed E-state index contributed by atoms with van der Waals surface area (Å²) in [5, 5.41) is 12.9. The van der Waals surface area contributed by atoms with Gasteiger partial charge in [0.05, 0.1) is 11.4 Å². The number of nitrogens with zero attached hydrogens (tertiary/aromatic N) is 4. The van der Waals surface area contributed by atoms with Crippen LogP contribution in [0.3, 0.4) is 0 Å². The number of nitrogens with one attached hydrogen (secondary N) is 1. The number of thioether (sulfide) groups is 1. The first kappa shape index (κ1) is 25.9. The van der Waals surface area contributed by atoms with Crippen LogP contribution < -0.4 is 10.1 Å². The molecule has 0 saturated heterocycles. The Hall–Kier alpha value is -3.17. The van der Waals surface area contributed by atoms with Gasteiger partial charge in [-0.05, 0) is 43.9 Å². The molecular formula is C27H31N5O2S2. The summed E-state index contributed by atoms with van der Waals surface area (Å²) < 4.78 is 8.15. The smallest absolute Gasteiger partial charge is 0.236 e. The fourth-order valence-electron chi connectivity index (χ4n) is 3.84. The van der Waals surface area contributed by atoms with E-state index in [1.807, 2.05) is 48.7 Å². The number of carbonyl (C=O) groups is 1. The molecule has 0 atom stereocenters. The highest BCUT2D eigenvalue weighted by Gasteiger charge is 2.17. The van der Waals surface area contributed by atoms with Crippen molar-refractivity contribution in [2.24, 2.45) is 0 Å². The molecule has 7 nitrogen and oxygen atoms in total. The van der Waals surface area contributed by atoms with Crippen molar-refractivity contribution in [1.29, 1.82) is 0 Å². The molecule has 0 fully saturated rings. The van der Waals surface area contributed by atoms with Gasteiger partial charge in [-0.1, -0.05) is 68.1 Å². The second kappa shape index (κ2) is 11.7. The van der Waals surface area contributed by atoms with Crippen molar-refractivity contribution in [2.45, 2.75) is 58.8 Å². The van der Waals surface area contributed by atoms with Crippen molar-refractivity contribution in [3.05, 3.63) is 70.4 Å². The monoisotopic (exact) mass is 521 g/mol. The molecule has 0 saturated carbocycles. The third-order valence-electron chi connectivity index (χ3n) is 5.68. The zero-order valence-corrected chi connectivity index (χ0v) is 22.9. The molecule has 0 spiro atoms. The SMILES string of the molecule is CCn1c(COc2cc(C)ccc2C(C)C)nnc1SCC(=O)Nc1nc(-c2ccccc2)c(C)s1. The predicted molar refractivity (Wildman–Crippen MR) is 147 cm³/mol. The van der Waals surface area contributed by atoms with Crippen LogP contribution in [0.4, 0.5) is 5.13 Å². The van der Waals surface area contributed by atoms with E-state index in [9.17, 15) is 4.79 Å². The van der Waals surface area contributed by atoms with Crippen molar-refractivity contribution in [3.63, 3.8) is 0 Å². The molecule has 0 bridgehead atoms. The minimum Gasteiger partial charge on any atom is -0.485 e.